The normalized spacial score (nSPS) is 12.5. The van der Waals surface area contributed by atoms with Crippen molar-refractivity contribution in [3.63, 3.8) is 0 Å². The third-order valence-corrected chi connectivity index (χ3v) is 3.78. The fourth-order valence-corrected chi connectivity index (χ4v) is 2.65. The Morgan fingerprint density at radius 2 is 2.10 bits per heavy atom. The van der Waals surface area contributed by atoms with Crippen LogP contribution in [0.2, 0.25) is 0 Å². The molecule has 0 amide bonds. The van der Waals surface area contributed by atoms with Crippen LogP contribution in [0.15, 0.2) is 18.2 Å². The summed E-state index contributed by atoms with van der Waals surface area (Å²) in [5.74, 6) is 0.245. The van der Waals surface area contributed by atoms with E-state index in [1.807, 2.05) is 32.5 Å². The lowest BCUT2D eigenvalue weighted by Gasteiger charge is -2.20. The highest BCUT2D eigenvalue weighted by atomic mass is 19.1. The van der Waals surface area contributed by atoms with Crippen molar-refractivity contribution in [1.82, 2.24) is 15.1 Å². The zero-order valence-corrected chi connectivity index (χ0v) is 13.2. The molecule has 1 aromatic heterocycles. The molecule has 0 spiro atoms. The van der Waals surface area contributed by atoms with E-state index in [0.717, 1.165) is 23.5 Å². The minimum atomic E-state index is -0.275. The molecule has 1 N–H and O–H groups in total. The summed E-state index contributed by atoms with van der Waals surface area (Å²) in [4.78, 5) is 0. The quantitative estimate of drug-likeness (QED) is 0.920. The van der Waals surface area contributed by atoms with Gasteiger partial charge >= 0.3 is 0 Å². The first kappa shape index (κ1) is 15.5. The minimum Gasteiger partial charge on any atom is -0.497 e. The van der Waals surface area contributed by atoms with Crippen LogP contribution in [0.1, 0.15) is 35.5 Å². The van der Waals surface area contributed by atoms with Crippen LogP contribution in [0.25, 0.3) is 0 Å². The first-order chi connectivity index (χ1) is 9.99. The van der Waals surface area contributed by atoms with Gasteiger partial charge in [-0.25, -0.2) is 4.39 Å². The fourth-order valence-electron chi connectivity index (χ4n) is 2.65. The minimum absolute atomic E-state index is 0.213. The summed E-state index contributed by atoms with van der Waals surface area (Å²) in [6.45, 7) is 6.70. The molecule has 0 aliphatic heterocycles. The fraction of sp³-hybridized carbons (Fsp3) is 0.438. The molecule has 0 aliphatic rings. The number of aryl methyl sites for hydroxylation is 2. The van der Waals surface area contributed by atoms with E-state index in [1.54, 1.807) is 12.1 Å². The van der Waals surface area contributed by atoms with Crippen molar-refractivity contribution in [2.45, 2.75) is 26.8 Å². The molecule has 1 unspecified atom stereocenters. The van der Waals surface area contributed by atoms with Crippen molar-refractivity contribution in [1.29, 1.82) is 0 Å². The Morgan fingerprint density at radius 3 is 2.57 bits per heavy atom. The summed E-state index contributed by atoms with van der Waals surface area (Å²) in [6.07, 6.45) is 0. The Bertz CT molecular complexity index is 637. The van der Waals surface area contributed by atoms with Crippen LogP contribution in [0.5, 0.6) is 5.75 Å². The third-order valence-electron chi connectivity index (χ3n) is 3.78. The van der Waals surface area contributed by atoms with Crippen molar-refractivity contribution >= 4 is 0 Å². The second-order valence-electron chi connectivity index (χ2n) is 5.09. The van der Waals surface area contributed by atoms with E-state index in [-0.39, 0.29) is 11.9 Å². The Hall–Kier alpha value is -1.88. The molecule has 4 nitrogen and oxygen atoms in total. The Balaban J connectivity index is 2.53. The second kappa shape index (κ2) is 6.26. The molecule has 1 atom stereocenters. The van der Waals surface area contributed by atoms with E-state index in [9.17, 15) is 4.39 Å². The average molecular weight is 291 g/mol. The SMILES string of the molecule is CCNC(c1ccc(OC)cc1F)c1c(C)nn(C)c1C. The number of hydrogen-bond donors (Lipinski definition) is 1. The van der Waals surface area contributed by atoms with E-state index >= 15 is 0 Å². The van der Waals surface area contributed by atoms with E-state index in [1.165, 1.54) is 13.2 Å². The third kappa shape index (κ3) is 2.93. The average Bonchev–Trinajstić information content (AvgIpc) is 2.70. The van der Waals surface area contributed by atoms with Crippen LogP contribution in [0, 0.1) is 19.7 Å². The van der Waals surface area contributed by atoms with Crippen LogP contribution in [0.3, 0.4) is 0 Å². The maximum absolute atomic E-state index is 14.4. The molecule has 21 heavy (non-hydrogen) atoms. The molecule has 0 bridgehead atoms. The largest absolute Gasteiger partial charge is 0.497 e. The molecule has 0 radical (unpaired) electrons. The first-order valence-electron chi connectivity index (χ1n) is 7.06. The number of nitrogens with one attached hydrogen (secondary N) is 1. The number of methoxy groups -OCH3 is 1. The van der Waals surface area contributed by atoms with Gasteiger partial charge in [-0.2, -0.15) is 5.10 Å². The smallest absolute Gasteiger partial charge is 0.132 e. The van der Waals surface area contributed by atoms with Crippen molar-refractivity contribution in [3.05, 3.63) is 46.5 Å². The summed E-state index contributed by atoms with van der Waals surface area (Å²) < 4.78 is 21.3. The number of nitrogens with zero attached hydrogens (tertiary/aromatic N) is 2. The standard InChI is InChI=1S/C16H22FN3O/c1-6-18-16(15-10(2)19-20(4)11(15)3)13-8-7-12(21-5)9-14(13)17/h7-9,16,18H,6H2,1-5H3. The van der Waals surface area contributed by atoms with Crippen molar-refractivity contribution in [2.24, 2.45) is 7.05 Å². The summed E-state index contributed by atoms with van der Waals surface area (Å²) >= 11 is 0. The van der Waals surface area contributed by atoms with Gasteiger partial charge in [0.1, 0.15) is 11.6 Å². The molecule has 2 rings (SSSR count). The number of halogens is 1. The van der Waals surface area contributed by atoms with Gasteiger partial charge in [0.25, 0.3) is 0 Å². The van der Waals surface area contributed by atoms with Gasteiger partial charge in [0.05, 0.1) is 18.8 Å². The van der Waals surface area contributed by atoms with E-state index in [0.29, 0.717) is 11.3 Å². The van der Waals surface area contributed by atoms with Gasteiger partial charge in [-0.3, -0.25) is 4.68 Å². The molecule has 5 heteroatoms. The van der Waals surface area contributed by atoms with Crippen molar-refractivity contribution in [2.75, 3.05) is 13.7 Å². The maximum atomic E-state index is 14.4. The monoisotopic (exact) mass is 291 g/mol. The molecule has 0 saturated heterocycles. The van der Waals surface area contributed by atoms with E-state index in [4.69, 9.17) is 4.74 Å². The lowest BCUT2D eigenvalue weighted by atomic mass is 9.96. The predicted molar refractivity (Wildman–Crippen MR) is 81.2 cm³/mol. The Labute approximate surface area is 124 Å². The van der Waals surface area contributed by atoms with Gasteiger partial charge in [-0.1, -0.05) is 13.0 Å². The molecular formula is C16H22FN3O. The maximum Gasteiger partial charge on any atom is 0.132 e. The molecule has 1 aromatic carbocycles. The predicted octanol–water partition coefficient (Wildman–Crippen LogP) is 2.88. The van der Waals surface area contributed by atoms with Crippen molar-refractivity contribution < 1.29 is 9.13 Å². The lowest BCUT2D eigenvalue weighted by molar-refractivity contribution is 0.410. The highest BCUT2D eigenvalue weighted by Crippen LogP contribution is 2.30. The molecule has 1 heterocycles. The van der Waals surface area contributed by atoms with Crippen LogP contribution >= 0.6 is 0 Å². The van der Waals surface area contributed by atoms with Gasteiger partial charge in [0, 0.05) is 29.9 Å². The Morgan fingerprint density at radius 1 is 1.38 bits per heavy atom. The van der Waals surface area contributed by atoms with E-state index in [2.05, 4.69) is 10.4 Å². The highest BCUT2D eigenvalue weighted by Gasteiger charge is 2.23. The first-order valence-corrected chi connectivity index (χ1v) is 7.06. The zero-order valence-electron chi connectivity index (χ0n) is 13.2. The summed E-state index contributed by atoms with van der Waals surface area (Å²) in [5.41, 5.74) is 3.59. The Kier molecular flexibility index (Phi) is 4.63. The van der Waals surface area contributed by atoms with Gasteiger partial charge in [0.2, 0.25) is 0 Å². The number of ether oxygens (including phenoxy) is 1. The van der Waals surface area contributed by atoms with Gasteiger partial charge in [-0.05, 0) is 26.5 Å². The number of rotatable bonds is 5. The summed E-state index contributed by atoms with van der Waals surface area (Å²) in [7, 11) is 3.44. The van der Waals surface area contributed by atoms with Crippen LogP contribution in [0.4, 0.5) is 4.39 Å². The second-order valence-corrected chi connectivity index (χ2v) is 5.09. The number of benzene rings is 1. The lowest BCUT2D eigenvalue weighted by Crippen LogP contribution is -2.24. The number of aromatic nitrogens is 2. The molecule has 2 aromatic rings. The molecular weight excluding hydrogens is 269 g/mol. The molecule has 0 aliphatic carbocycles. The number of hydrogen-bond acceptors (Lipinski definition) is 3. The van der Waals surface area contributed by atoms with Crippen molar-refractivity contribution in [3.8, 4) is 5.75 Å². The molecule has 0 saturated carbocycles. The van der Waals surface area contributed by atoms with Crippen LogP contribution in [-0.4, -0.2) is 23.4 Å². The molecule has 0 fully saturated rings. The summed E-state index contributed by atoms with van der Waals surface area (Å²) in [5, 5.41) is 7.79. The highest BCUT2D eigenvalue weighted by molar-refractivity contribution is 5.40. The van der Waals surface area contributed by atoms with Gasteiger partial charge < -0.3 is 10.1 Å². The zero-order chi connectivity index (χ0) is 15.6. The van der Waals surface area contributed by atoms with Gasteiger partial charge in [-0.15, -0.1) is 0 Å². The van der Waals surface area contributed by atoms with Crippen LogP contribution in [-0.2, 0) is 7.05 Å². The summed E-state index contributed by atoms with van der Waals surface area (Å²) in [6, 6.07) is 4.76. The van der Waals surface area contributed by atoms with Crippen LogP contribution < -0.4 is 10.1 Å². The van der Waals surface area contributed by atoms with Gasteiger partial charge in [0.15, 0.2) is 0 Å². The molecule has 114 valence electrons. The van der Waals surface area contributed by atoms with E-state index < -0.39 is 0 Å². The topological polar surface area (TPSA) is 39.1 Å².